The molecular formula is C49H31N3O2. The van der Waals surface area contributed by atoms with Crippen molar-refractivity contribution in [3.05, 3.63) is 181 Å². The van der Waals surface area contributed by atoms with E-state index in [0.29, 0.717) is 0 Å². The van der Waals surface area contributed by atoms with Crippen molar-refractivity contribution in [2.24, 2.45) is 0 Å². The van der Waals surface area contributed by atoms with Crippen LogP contribution in [-0.2, 0) is 0 Å². The predicted molar refractivity (Wildman–Crippen MR) is 222 cm³/mol. The third-order valence-electron chi connectivity index (χ3n) is 11.2. The van der Waals surface area contributed by atoms with Crippen molar-refractivity contribution in [3.8, 4) is 16.8 Å². The zero-order chi connectivity index (χ0) is 35.3. The molecule has 0 spiro atoms. The van der Waals surface area contributed by atoms with Gasteiger partial charge in [0.2, 0.25) is 0 Å². The van der Waals surface area contributed by atoms with Crippen LogP contribution in [0.25, 0.3) is 82.5 Å². The van der Waals surface area contributed by atoms with E-state index in [1.165, 1.54) is 16.6 Å². The highest BCUT2D eigenvalue weighted by Gasteiger charge is 2.31. The molecule has 254 valence electrons. The second kappa shape index (κ2) is 11.1. The van der Waals surface area contributed by atoms with Crippen molar-refractivity contribution in [2.45, 2.75) is 6.17 Å². The fraction of sp³-hybridized carbons (Fsp3) is 0.0204. The van der Waals surface area contributed by atoms with Crippen molar-refractivity contribution in [1.29, 1.82) is 0 Å². The van der Waals surface area contributed by atoms with Crippen LogP contribution in [0.4, 0.5) is 17.1 Å². The van der Waals surface area contributed by atoms with Crippen molar-refractivity contribution in [2.75, 3.05) is 10.2 Å². The van der Waals surface area contributed by atoms with Gasteiger partial charge in [-0.2, -0.15) is 0 Å². The molecule has 3 aromatic heterocycles. The normalized spacial score (nSPS) is 14.2. The van der Waals surface area contributed by atoms with E-state index in [-0.39, 0.29) is 6.17 Å². The highest BCUT2D eigenvalue weighted by atomic mass is 16.3. The summed E-state index contributed by atoms with van der Waals surface area (Å²) in [5.41, 5.74) is 13.5. The third kappa shape index (κ3) is 4.09. The predicted octanol–water partition coefficient (Wildman–Crippen LogP) is 13.5. The Balaban J connectivity index is 1.04. The Labute approximate surface area is 309 Å². The molecule has 1 N–H and O–H groups in total. The van der Waals surface area contributed by atoms with Crippen LogP contribution in [-0.4, -0.2) is 4.57 Å². The van der Waals surface area contributed by atoms with E-state index < -0.39 is 0 Å². The molecule has 1 unspecified atom stereocenters. The first-order valence-electron chi connectivity index (χ1n) is 18.4. The molecule has 0 saturated heterocycles. The van der Waals surface area contributed by atoms with Crippen LogP contribution < -0.4 is 10.2 Å². The summed E-state index contributed by atoms with van der Waals surface area (Å²) in [5, 5.41) is 10.5. The van der Waals surface area contributed by atoms with E-state index in [4.69, 9.17) is 8.83 Å². The molecule has 0 fully saturated rings. The summed E-state index contributed by atoms with van der Waals surface area (Å²) < 4.78 is 15.9. The summed E-state index contributed by atoms with van der Waals surface area (Å²) in [6.45, 7) is 0. The Morgan fingerprint density at radius 1 is 0.463 bits per heavy atom. The van der Waals surface area contributed by atoms with Crippen LogP contribution in [0.2, 0.25) is 0 Å². The maximum atomic E-state index is 6.88. The zero-order valence-corrected chi connectivity index (χ0v) is 29.0. The largest absolute Gasteiger partial charge is 0.454 e. The molecule has 12 rings (SSSR count). The Hall–Kier alpha value is -7.24. The average Bonchev–Trinajstić information content (AvgIpc) is 4.00. The average molecular weight is 694 g/mol. The minimum atomic E-state index is -0.00392. The quantitative estimate of drug-likeness (QED) is 0.199. The number of aromatic nitrogens is 1. The minimum absolute atomic E-state index is 0.00392. The molecule has 5 nitrogen and oxygen atoms in total. The number of nitrogens with one attached hydrogen (secondary N) is 1. The molecule has 1 aliphatic heterocycles. The second-order valence-corrected chi connectivity index (χ2v) is 14.1. The second-order valence-electron chi connectivity index (χ2n) is 14.1. The number of hydrogen-bond acceptors (Lipinski definition) is 4. The van der Waals surface area contributed by atoms with E-state index in [0.717, 1.165) is 88.5 Å². The number of nitrogens with zero attached hydrogens (tertiary/aromatic N) is 2. The molecule has 1 atom stereocenters. The summed E-state index contributed by atoms with van der Waals surface area (Å²) in [5.74, 6) is 0. The monoisotopic (exact) mass is 693 g/mol. The van der Waals surface area contributed by atoms with Gasteiger partial charge in [0.25, 0.3) is 0 Å². The maximum Gasteiger partial charge on any atom is 0.160 e. The SMILES string of the molecule is c1ccc(C2Nc3ccccc3N2c2ccc(-c3cccc4oc5c(-n6c7ccccc7c7ccc8c9ccccc9oc8c76)cccc5c34)cc2)cc1. The number of benzene rings is 8. The number of anilines is 3. The van der Waals surface area contributed by atoms with Crippen LogP contribution in [0.5, 0.6) is 0 Å². The highest BCUT2D eigenvalue weighted by molar-refractivity contribution is 6.22. The van der Waals surface area contributed by atoms with Gasteiger partial charge in [0.15, 0.2) is 11.2 Å². The molecule has 0 saturated carbocycles. The molecule has 0 radical (unpaired) electrons. The minimum Gasteiger partial charge on any atom is -0.454 e. The lowest BCUT2D eigenvalue weighted by Gasteiger charge is -2.27. The Kier molecular flexibility index (Phi) is 6.05. The molecule has 4 heterocycles. The van der Waals surface area contributed by atoms with Gasteiger partial charge in [0.1, 0.15) is 17.3 Å². The summed E-state index contributed by atoms with van der Waals surface area (Å²) in [4.78, 5) is 2.39. The lowest BCUT2D eigenvalue weighted by molar-refractivity contribution is 0.665. The van der Waals surface area contributed by atoms with Crippen LogP contribution in [0.3, 0.4) is 0 Å². The third-order valence-corrected chi connectivity index (χ3v) is 11.2. The van der Waals surface area contributed by atoms with Gasteiger partial charge in [0, 0.05) is 38.0 Å². The maximum absolute atomic E-state index is 6.88. The summed E-state index contributed by atoms with van der Waals surface area (Å²) in [7, 11) is 0. The number of furan rings is 2. The Morgan fingerprint density at radius 2 is 1.15 bits per heavy atom. The standard InChI is InChI=1S/C49H31N3O2/c1-2-12-31(13-3-1)49-50-39-18-6-8-20-41(39)51(49)32-26-24-30(25-27-32)33-16-11-23-44-45(33)38-17-10-21-42(47(38)54-44)52-40-19-7-4-14-34(40)36-28-29-37-35-15-5-9-22-43(35)53-48(37)46(36)52/h1-29,49-50H. The molecule has 54 heavy (non-hydrogen) atoms. The van der Waals surface area contributed by atoms with Gasteiger partial charge in [-0.3, -0.25) is 0 Å². The fourth-order valence-corrected chi connectivity index (χ4v) is 8.84. The smallest absolute Gasteiger partial charge is 0.160 e. The van der Waals surface area contributed by atoms with Crippen LogP contribution in [0.1, 0.15) is 11.7 Å². The number of rotatable bonds is 4. The highest BCUT2D eigenvalue weighted by Crippen LogP contribution is 2.47. The van der Waals surface area contributed by atoms with Crippen LogP contribution >= 0.6 is 0 Å². The molecule has 5 heteroatoms. The van der Waals surface area contributed by atoms with Crippen molar-refractivity contribution in [1.82, 2.24) is 4.57 Å². The lowest BCUT2D eigenvalue weighted by atomic mass is 9.98. The topological polar surface area (TPSA) is 46.5 Å². The first-order chi connectivity index (χ1) is 26.8. The number of para-hydroxylation sites is 5. The van der Waals surface area contributed by atoms with E-state index in [9.17, 15) is 0 Å². The molecule has 11 aromatic rings. The van der Waals surface area contributed by atoms with Gasteiger partial charge in [-0.25, -0.2) is 0 Å². The number of hydrogen-bond donors (Lipinski definition) is 1. The Morgan fingerprint density at radius 3 is 2.06 bits per heavy atom. The lowest BCUT2D eigenvalue weighted by Crippen LogP contribution is -2.23. The first kappa shape index (κ1) is 29.3. The van der Waals surface area contributed by atoms with E-state index in [1.54, 1.807) is 0 Å². The fourth-order valence-electron chi connectivity index (χ4n) is 8.84. The van der Waals surface area contributed by atoms with Crippen molar-refractivity contribution >= 4 is 82.7 Å². The summed E-state index contributed by atoms with van der Waals surface area (Å²) in [6.07, 6.45) is -0.00392. The molecular weight excluding hydrogens is 663 g/mol. The Bertz CT molecular complexity index is 3260. The van der Waals surface area contributed by atoms with Crippen molar-refractivity contribution in [3.63, 3.8) is 0 Å². The number of fused-ring (bicyclic) bond motifs is 11. The van der Waals surface area contributed by atoms with Gasteiger partial charge >= 0.3 is 0 Å². The van der Waals surface area contributed by atoms with Gasteiger partial charge in [-0.1, -0.05) is 121 Å². The molecule has 0 aliphatic carbocycles. The summed E-state index contributed by atoms with van der Waals surface area (Å²) >= 11 is 0. The molecule has 0 bridgehead atoms. The molecule has 8 aromatic carbocycles. The van der Waals surface area contributed by atoms with Gasteiger partial charge in [0.05, 0.1) is 28.1 Å². The van der Waals surface area contributed by atoms with Crippen molar-refractivity contribution < 1.29 is 8.83 Å². The van der Waals surface area contributed by atoms with Gasteiger partial charge < -0.3 is 23.6 Å². The van der Waals surface area contributed by atoms with Gasteiger partial charge in [-0.15, -0.1) is 0 Å². The molecule has 1 aliphatic rings. The zero-order valence-electron chi connectivity index (χ0n) is 29.0. The van der Waals surface area contributed by atoms with Gasteiger partial charge in [-0.05, 0) is 71.3 Å². The van der Waals surface area contributed by atoms with E-state index in [1.807, 2.05) is 12.1 Å². The molecule has 0 amide bonds. The van der Waals surface area contributed by atoms with Crippen LogP contribution in [0, 0.1) is 0 Å². The van der Waals surface area contributed by atoms with Crippen LogP contribution in [0.15, 0.2) is 185 Å². The first-order valence-corrected chi connectivity index (χ1v) is 18.4. The van der Waals surface area contributed by atoms with E-state index >= 15 is 0 Å². The summed E-state index contributed by atoms with van der Waals surface area (Å²) in [6, 6.07) is 62.3. The van der Waals surface area contributed by atoms with E-state index in [2.05, 4.69) is 179 Å².